The van der Waals surface area contributed by atoms with E-state index in [-0.39, 0.29) is 17.9 Å². The van der Waals surface area contributed by atoms with E-state index in [9.17, 15) is 19.7 Å². The van der Waals surface area contributed by atoms with Crippen LogP contribution in [-0.4, -0.2) is 41.2 Å². The monoisotopic (exact) mass is 443 g/mol. The smallest absolute Gasteiger partial charge is 0.338 e. The number of benzene rings is 2. The molecule has 1 heterocycles. The van der Waals surface area contributed by atoms with E-state index in [1.165, 1.54) is 35.6 Å². The van der Waals surface area contributed by atoms with Gasteiger partial charge in [0.05, 0.1) is 33.9 Å². The lowest BCUT2D eigenvalue weighted by Crippen LogP contribution is -2.19. The molecule has 31 heavy (non-hydrogen) atoms. The Morgan fingerprint density at radius 2 is 1.81 bits per heavy atom. The van der Waals surface area contributed by atoms with E-state index in [4.69, 9.17) is 9.47 Å². The number of hydrogen-bond donors (Lipinski definition) is 0. The van der Waals surface area contributed by atoms with Crippen molar-refractivity contribution in [3.8, 4) is 0 Å². The summed E-state index contributed by atoms with van der Waals surface area (Å²) in [5.74, 6) is -0.934. The molecule has 10 heteroatoms. The van der Waals surface area contributed by atoms with Crippen molar-refractivity contribution in [2.75, 3.05) is 19.8 Å². The largest absolute Gasteiger partial charge is 0.462 e. The molecule has 0 atom stereocenters. The molecule has 0 aliphatic rings. The maximum absolute atomic E-state index is 12.7. The lowest BCUT2D eigenvalue weighted by atomic mass is 10.2. The van der Waals surface area contributed by atoms with Crippen LogP contribution in [-0.2, 0) is 16.0 Å². The van der Waals surface area contributed by atoms with Gasteiger partial charge in [-0.1, -0.05) is 11.3 Å². The van der Waals surface area contributed by atoms with Gasteiger partial charge in [0.25, 0.3) is 11.6 Å². The molecule has 3 aromatic rings. The third kappa shape index (κ3) is 5.22. The minimum atomic E-state index is -0.528. The first-order valence-electron chi connectivity index (χ1n) is 9.66. The van der Waals surface area contributed by atoms with Crippen LogP contribution in [0.4, 0.5) is 5.69 Å². The number of amides is 1. The van der Waals surface area contributed by atoms with Crippen LogP contribution in [0.2, 0.25) is 0 Å². The minimum absolute atomic E-state index is 0.100. The van der Waals surface area contributed by atoms with Crippen LogP contribution in [0.15, 0.2) is 47.5 Å². The molecule has 162 valence electrons. The van der Waals surface area contributed by atoms with Gasteiger partial charge in [0, 0.05) is 30.8 Å². The minimum Gasteiger partial charge on any atom is -0.462 e. The second-order valence-electron chi connectivity index (χ2n) is 6.36. The molecule has 0 spiro atoms. The Kier molecular flexibility index (Phi) is 7.27. The number of aromatic nitrogens is 1. The number of rotatable bonds is 8. The summed E-state index contributed by atoms with van der Waals surface area (Å²) in [7, 11) is 0. The molecule has 1 amide bonds. The zero-order valence-electron chi connectivity index (χ0n) is 17.1. The maximum atomic E-state index is 12.7. The number of esters is 1. The van der Waals surface area contributed by atoms with Gasteiger partial charge in [-0.05, 0) is 44.2 Å². The number of nitrogens with zero attached hydrogens (tertiary/aromatic N) is 3. The summed E-state index contributed by atoms with van der Waals surface area (Å²) < 4.78 is 13.1. The van der Waals surface area contributed by atoms with Crippen molar-refractivity contribution in [1.29, 1.82) is 0 Å². The van der Waals surface area contributed by atoms with E-state index in [1.807, 2.05) is 11.5 Å². The first-order valence-corrected chi connectivity index (χ1v) is 10.5. The lowest BCUT2D eigenvalue weighted by Gasteiger charge is -2.06. The van der Waals surface area contributed by atoms with E-state index >= 15 is 0 Å². The van der Waals surface area contributed by atoms with Gasteiger partial charge >= 0.3 is 5.97 Å². The Hall–Kier alpha value is -3.37. The number of nitro groups is 1. The fourth-order valence-electron chi connectivity index (χ4n) is 2.89. The third-order valence-corrected chi connectivity index (χ3v) is 5.42. The molecule has 3 rings (SSSR count). The van der Waals surface area contributed by atoms with Crippen molar-refractivity contribution in [2.45, 2.75) is 20.4 Å². The molecule has 2 aromatic carbocycles. The van der Waals surface area contributed by atoms with Gasteiger partial charge in [-0.3, -0.25) is 14.9 Å². The van der Waals surface area contributed by atoms with Crippen LogP contribution in [0.1, 0.15) is 34.6 Å². The fraction of sp³-hybridized carbons (Fsp3) is 0.286. The van der Waals surface area contributed by atoms with Crippen LogP contribution in [0.3, 0.4) is 0 Å². The fourth-order valence-corrected chi connectivity index (χ4v) is 3.99. The zero-order valence-corrected chi connectivity index (χ0v) is 17.9. The van der Waals surface area contributed by atoms with Crippen LogP contribution in [0.25, 0.3) is 10.2 Å². The van der Waals surface area contributed by atoms with Crippen LogP contribution in [0.5, 0.6) is 0 Å². The van der Waals surface area contributed by atoms with Crippen molar-refractivity contribution >= 4 is 39.1 Å². The predicted molar refractivity (Wildman–Crippen MR) is 115 cm³/mol. The quantitative estimate of drug-likeness (QED) is 0.228. The number of thiazole rings is 1. The van der Waals surface area contributed by atoms with Crippen LogP contribution >= 0.6 is 11.3 Å². The normalized spacial score (nSPS) is 11.6. The molecule has 0 bridgehead atoms. The SMILES string of the molecule is CCOCCn1c(=NC(=O)c2ccc([N+](=O)[O-])cc2)sc2cc(C(=O)OCC)ccc21. The number of nitro benzene ring substituents is 1. The van der Waals surface area contributed by atoms with Crippen molar-refractivity contribution in [3.05, 3.63) is 68.5 Å². The number of ether oxygens (including phenoxy) is 2. The Morgan fingerprint density at radius 1 is 1.10 bits per heavy atom. The maximum Gasteiger partial charge on any atom is 0.338 e. The number of carbonyl (C=O) groups is 2. The molecule has 0 saturated heterocycles. The molecule has 0 N–H and O–H groups in total. The standard InChI is InChI=1S/C21H21N3O6S/c1-3-29-12-11-23-17-10-7-15(20(26)30-4-2)13-18(17)31-21(23)22-19(25)14-5-8-16(9-6-14)24(27)28/h5-10,13H,3-4,11-12H2,1-2H3. The molecule has 1 aromatic heterocycles. The highest BCUT2D eigenvalue weighted by atomic mass is 32.1. The molecular weight excluding hydrogens is 422 g/mol. The average molecular weight is 443 g/mol. The summed E-state index contributed by atoms with van der Waals surface area (Å²) >= 11 is 1.27. The summed E-state index contributed by atoms with van der Waals surface area (Å²) in [6, 6.07) is 10.5. The first-order chi connectivity index (χ1) is 14.9. The molecule has 9 nitrogen and oxygen atoms in total. The lowest BCUT2D eigenvalue weighted by molar-refractivity contribution is -0.384. The highest BCUT2D eigenvalue weighted by molar-refractivity contribution is 7.16. The number of carbonyl (C=O) groups excluding carboxylic acids is 2. The molecule has 0 aliphatic heterocycles. The average Bonchev–Trinajstić information content (AvgIpc) is 3.10. The Labute approximate surface area is 181 Å². The van der Waals surface area contributed by atoms with E-state index in [2.05, 4.69) is 4.99 Å². The van der Waals surface area contributed by atoms with Gasteiger partial charge in [0.2, 0.25) is 0 Å². The summed E-state index contributed by atoms with van der Waals surface area (Å²) in [4.78, 5) is 39.7. The van der Waals surface area contributed by atoms with Gasteiger partial charge < -0.3 is 14.0 Å². The first kappa shape index (κ1) is 22.3. The second kappa shape index (κ2) is 10.1. The molecular formula is C21H21N3O6S. The number of non-ortho nitro benzene ring substituents is 1. The number of fused-ring (bicyclic) bond motifs is 1. The van der Waals surface area contributed by atoms with Gasteiger partial charge in [0.15, 0.2) is 4.80 Å². The topological polar surface area (TPSA) is 113 Å². The molecule has 0 saturated carbocycles. The zero-order chi connectivity index (χ0) is 22.4. The van der Waals surface area contributed by atoms with Crippen LogP contribution < -0.4 is 4.80 Å². The highest BCUT2D eigenvalue weighted by Crippen LogP contribution is 2.20. The second-order valence-corrected chi connectivity index (χ2v) is 7.37. The Balaban J connectivity index is 2.03. The molecule has 0 radical (unpaired) electrons. The van der Waals surface area contributed by atoms with Crippen molar-refractivity contribution in [1.82, 2.24) is 4.57 Å². The van der Waals surface area contributed by atoms with Gasteiger partial charge in [-0.25, -0.2) is 4.79 Å². The van der Waals surface area contributed by atoms with E-state index in [0.717, 1.165) is 10.2 Å². The molecule has 0 aliphatic carbocycles. The molecule has 0 fully saturated rings. The van der Waals surface area contributed by atoms with Crippen LogP contribution in [0, 0.1) is 10.1 Å². The van der Waals surface area contributed by atoms with Gasteiger partial charge in [-0.2, -0.15) is 4.99 Å². The predicted octanol–water partition coefficient (Wildman–Crippen LogP) is 3.57. The summed E-state index contributed by atoms with van der Waals surface area (Å²) in [6.07, 6.45) is 0. The molecule has 0 unspecified atom stereocenters. The Morgan fingerprint density at radius 3 is 2.45 bits per heavy atom. The van der Waals surface area contributed by atoms with Crippen molar-refractivity contribution in [2.24, 2.45) is 4.99 Å². The van der Waals surface area contributed by atoms with E-state index < -0.39 is 16.8 Å². The van der Waals surface area contributed by atoms with E-state index in [0.29, 0.717) is 30.1 Å². The van der Waals surface area contributed by atoms with Crippen molar-refractivity contribution < 1.29 is 24.0 Å². The summed E-state index contributed by atoms with van der Waals surface area (Å²) in [5.41, 5.74) is 1.37. The summed E-state index contributed by atoms with van der Waals surface area (Å²) in [5, 5.41) is 10.8. The highest BCUT2D eigenvalue weighted by Gasteiger charge is 2.14. The Bertz CT molecular complexity index is 1180. The van der Waals surface area contributed by atoms with E-state index in [1.54, 1.807) is 25.1 Å². The number of hydrogen-bond acceptors (Lipinski definition) is 7. The summed E-state index contributed by atoms with van der Waals surface area (Å²) in [6.45, 7) is 5.37. The van der Waals surface area contributed by atoms with Gasteiger partial charge in [-0.15, -0.1) is 0 Å². The third-order valence-electron chi connectivity index (χ3n) is 4.38. The van der Waals surface area contributed by atoms with Gasteiger partial charge in [0.1, 0.15) is 0 Å². The van der Waals surface area contributed by atoms with Crippen molar-refractivity contribution in [3.63, 3.8) is 0 Å².